The Balaban J connectivity index is 2.17. The number of nitrogens with one attached hydrogen (secondary N) is 4. The van der Waals surface area contributed by atoms with E-state index in [4.69, 9.17) is 12.2 Å². The number of hydrogen-bond donors (Lipinski definition) is 4. The topological polar surface area (TPSA) is 92.5 Å². The van der Waals surface area contributed by atoms with E-state index in [-0.39, 0.29) is 11.3 Å². The monoisotopic (exact) mass is 405 g/mol. The molecule has 1 heterocycles. The first-order valence-electron chi connectivity index (χ1n) is 9.42. The summed E-state index contributed by atoms with van der Waals surface area (Å²) < 4.78 is 1.37. The number of hydrazine groups is 1. The minimum Gasteiger partial charge on any atom is -0.356 e. The maximum atomic E-state index is 12.7. The van der Waals surface area contributed by atoms with Gasteiger partial charge in [-0.1, -0.05) is 32.0 Å². The van der Waals surface area contributed by atoms with Gasteiger partial charge in [0.15, 0.2) is 10.8 Å². The van der Waals surface area contributed by atoms with Crippen LogP contribution >= 0.6 is 12.2 Å². The molecule has 1 amide bonds. The summed E-state index contributed by atoms with van der Waals surface area (Å²) in [6.45, 7) is 6.20. The molecule has 4 N–H and O–H groups in total. The Kier molecular flexibility index (Phi) is 7.89. The zero-order valence-electron chi connectivity index (χ0n) is 16.8. The number of benzene rings is 1. The van der Waals surface area contributed by atoms with Crippen LogP contribution in [-0.2, 0) is 6.54 Å². The van der Waals surface area contributed by atoms with Gasteiger partial charge in [0.1, 0.15) is 0 Å². The summed E-state index contributed by atoms with van der Waals surface area (Å²) in [4.78, 5) is 26.7. The van der Waals surface area contributed by atoms with Crippen molar-refractivity contribution in [1.82, 2.24) is 25.9 Å². The minimum absolute atomic E-state index is 0.187. The van der Waals surface area contributed by atoms with Crippen LogP contribution in [0.5, 0.6) is 0 Å². The highest BCUT2D eigenvalue weighted by atomic mass is 32.1. The largest absolute Gasteiger partial charge is 0.356 e. The fourth-order valence-corrected chi connectivity index (χ4v) is 2.73. The number of amides is 1. The molecule has 1 aromatic carbocycles. The molecule has 0 saturated carbocycles. The Morgan fingerprint density at radius 1 is 1.21 bits per heavy atom. The summed E-state index contributed by atoms with van der Waals surface area (Å²) >= 11 is 5.17. The second-order valence-corrected chi connectivity index (χ2v) is 7.81. The zero-order valence-corrected chi connectivity index (χ0v) is 17.7. The number of fused-ring (bicyclic) bond motifs is 1. The van der Waals surface area contributed by atoms with E-state index < -0.39 is 5.91 Å². The lowest BCUT2D eigenvalue weighted by atomic mass is 10.1. The summed E-state index contributed by atoms with van der Waals surface area (Å²) in [5, 5.41) is 8.66. The summed E-state index contributed by atoms with van der Waals surface area (Å²) in [5.74, 6) is -0.0246. The number of carbonyl (C=O) groups excluding carboxylic acids is 1. The van der Waals surface area contributed by atoms with E-state index in [9.17, 15) is 9.59 Å². The lowest BCUT2D eigenvalue weighted by molar-refractivity contribution is -0.856. The van der Waals surface area contributed by atoms with Crippen LogP contribution in [0.25, 0.3) is 10.8 Å². The maximum absolute atomic E-state index is 12.7. The molecule has 0 fully saturated rings. The van der Waals surface area contributed by atoms with Crippen molar-refractivity contribution in [2.24, 2.45) is 5.92 Å². The number of hydrogen-bond acceptors (Lipinski definition) is 4. The molecule has 0 bridgehead atoms. The van der Waals surface area contributed by atoms with Crippen molar-refractivity contribution >= 4 is 34.0 Å². The van der Waals surface area contributed by atoms with Crippen molar-refractivity contribution in [3.8, 4) is 0 Å². The van der Waals surface area contributed by atoms with Crippen molar-refractivity contribution in [3.05, 3.63) is 40.3 Å². The summed E-state index contributed by atoms with van der Waals surface area (Å²) in [5.41, 5.74) is 5.25. The highest BCUT2D eigenvalue weighted by Crippen LogP contribution is 2.13. The maximum Gasteiger partial charge on any atom is 0.290 e. The first kappa shape index (κ1) is 21.8. The van der Waals surface area contributed by atoms with Gasteiger partial charge in [-0.25, -0.2) is 4.68 Å². The van der Waals surface area contributed by atoms with Crippen molar-refractivity contribution in [1.29, 1.82) is 0 Å². The van der Waals surface area contributed by atoms with Gasteiger partial charge in [0.05, 0.1) is 32.6 Å². The number of nitrogens with zero attached hydrogens (tertiary/aromatic N) is 2. The molecular weight excluding hydrogens is 376 g/mol. The minimum atomic E-state index is -0.447. The Hall–Kier alpha value is -2.52. The molecule has 152 valence electrons. The molecule has 0 unspecified atom stereocenters. The molecule has 1 aromatic heterocycles. The summed E-state index contributed by atoms with van der Waals surface area (Å²) in [6.07, 6.45) is 0.798. The van der Waals surface area contributed by atoms with Gasteiger partial charge in [0.25, 0.3) is 11.5 Å². The second kappa shape index (κ2) is 10.1. The Bertz CT molecular complexity index is 894. The third-order valence-electron chi connectivity index (χ3n) is 4.20. The van der Waals surface area contributed by atoms with Gasteiger partial charge in [0, 0.05) is 11.9 Å². The number of quaternary nitrogens is 1. The van der Waals surface area contributed by atoms with Gasteiger partial charge in [-0.05, 0) is 30.6 Å². The fourth-order valence-electron chi connectivity index (χ4n) is 2.58. The average molecular weight is 406 g/mol. The number of rotatable bonds is 7. The van der Waals surface area contributed by atoms with E-state index in [1.165, 1.54) is 9.58 Å². The van der Waals surface area contributed by atoms with E-state index >= 15 is 0 Å². The number of aryl methyl sites for hydroxylation is 1. The molecule has 2 rings (SSSR count). The molecule has 0 saturated heterocycles. The zero-order chi connectivity index (χ0) is 20.7. The SMILES string of the molecule is CC(C)CCn1nc(C(=O)NNC(=S)NCC[NH+](C)C)c2ccccc2c1=O. The van der Waals surface area contributed by atoms with Gasteiger partial charge in [-0.3, -0.25) is 20.4 Å². The first-order chi connectivity index (χ1) is 13.3. The average Bonchev–Trinajstić information content (AvgIpc) is 2.65. The van der Waals surface area contributed by atoms with Crippen molar-refractivity contribution in [2.45, 2.75) is 26.8 Å². The van der Waals surface area contributed by atoms with Crippen LogP contribution in [-0.4, -0.2) is 48.0 Å². The predicted molar refractivity (Wildman–Crippen MR) is 114 cm³/mol. The highest BCUT2D eigenvalue weighted by Gasteiger charge is 2.17. The Morgan fingerprint density at radius 2 is 1.89 bits per heavy atom. The molecule has 0 aliphatic carbocycles. The number of thiocarbonyl (C=S) groups is 1. The Labute approximate surface area is 170 Å². The van der Waals surface area contributed by atoms with E-state index in [1.807, 2.05) is 14.1 Å². The quantitative estimate of drug-likeness (QED) is 0.373. The van der Waals surface area contributed by atoms with E-state index in [2.05, 4.69) is 35.1 Å². The fraction of sp³-hybridized carbons (Fsp3) is 0.474. The molecule has 0 atom stereocenters. The third-order valence-corrected chi connectivity index (χ3v) is 4.45. The van der Waals surface area contributed by atoms with Gasteiger partial charge in [-0.15, -0.1) is 0 Å². The molecule has 28 heavy (non-hydrogen) atoms. The van der Waals surface area contributed by atoms with E-state index in [1.54, 1.807) is 24.3 Å². The van der Waals surface area contributed by atoms with E-state index in [0.717, 1.165) is 13.0 Å². The van der Waals surface area contributed by atoms with Crippen LogP contribution in [0.4, 0.5) is 0 Å². The third kappa shape index (κ3) is 6.00. The Morgan fingerprint density at radius 3 is 2.54 bits per heavy atom. The van der Waals surface area contributed by atoms with Gasteiger partial charge in [0.2, 0.25) is 0 Å². The lowest BCUT2D eigenvalue weighted by Gasteiger charge is -2.14. The lowest BCUT2D eigenvalue weighted by Crippen LogP contribution is -3.06. The summed E-state index contributed by atoms with van der Waals surface area (Å²) in [6, 6.07) is 7.00. The standard InChI is InChI=1S/C19H28N6O2S/c1-13(2)9-11-25-18(27)15-8-6-5-7-14(15)16(23-25)17(26)21-22-19(28)20-10-12-24(3)4/h5-8,13H,9-12H2,1-4H3,(H,21,26)(H2,20,22,28)/p+1. The molecule has 8 nitrogen and oxygen atoms in total. The predicted octanol–water partition coefficient (Wildman–Crippen LogP) is -0.304. The molecule has 0 aliphatic heterocycles. The van der Waals surface area contributed by atoms with Crippen molar-refractivity contribution in [2.75, 3.05) is 27.2 Å². The molecule has 0 radical (unpaired) electrons. The molecule has 9 heteroatoms. The molecule has 2 aromatic rings. The number of aromatic nitrogens is 2. The van der Waals surface area contributed by atoms with Gasteiger partial charge in [-0.2, -0.15) is 5.10 Å². The summed E-state index contributed by atoms with van der Waals surface area (Å²) in [7, 11) is 4.09. The van der Waals surface area contributed by atoms with Gasteiger partial charge >= 0.3 is 0 Å². The highest BCUT2D eigenvalue weighted by molar-refractivity contribution is 7.80. The van der Waals surface area contributed by atoms with E-state index in [0.29, 0.717) is 34.9 Å². The van der Waals surface area contributed by atoms with Crippen molar-refractivity contribution in [3.63, 3.8) is 0 Å². The smallest absolute Gasteiger partial charge is 0.290 e. The molecular formula is C19H29N6O2S+. The van der Waals surface area contributed by atoms with Crippen LogP contribution in [0.3, 0.4) is 0 Å². The van der Waals surface area contributed by atoms with Crippen LogP contribution in [0, 0.1) is 5.92 Å². The number of carbonyl (C=O) groups is 1. The first-order valence-corrected chi connectivity index (χ1v) is 9.83. The van der Waals surface area contributed by atoms with Crippen LogP contribution in [0.1, 0.15) is 30.8 Å². The molecule has 0 aliphatic rings. The second-order valence-electron chi connectivity index (χ2n) is 7.40. The van der Waals surface area contributed by atoms with Crippen LogP contribution in [0.15, 0.2) is 29.1 Å². The van der Waals surface area contributed by atoms with Crippen LogP contribution in [0.2, 0.25) is 0 Å². The molecule has 0 spiro atoms. The van der Waals surface area contributed by atoms with Gasteiger partial charge < -0.3 is 10.2 Å². The van der Waals surface area contributed by atoms with Crippen molar-refractivity contribution < 1.29 is 9.69 Å². The normalized spacial score (nSPS) is 11.1. The van der Waals surface area contributed by atoms with Crippen LogP contribution < -0.4 is 26.6 Å². The number of likely N-dealkylation sites (N-methyl/N-ethyl adjacent to an activating group) is 1.